The van der Waals surface area contributed by atoms with Crippen molar-refractivity contribution in [1.29, 1.82) is 0 Å². The summed E-state index contributed by atoms with van der Waals surface area (Å²) in [5.41, 5.74) is 22.2. The van der Waals surface area contributed by atoms with Crippen molar-refractivity contribution in [2.75, 3.05) is 48.3 Å². The molecule has 38 heavy (non-hydrogen) atoms. The van der Waals surface area contributed by atoms with Gasteiger partial charge in [-0.2, -0.15) is 13.5 Å². The molecule has 1 saturated heterocycles. The number of para-hydroxylation sites is 1. The third kappa shape index (κ3) is 8.50. The minimum Gasteiger partial charge on any atom is -0.397 e. The van der Waals surface area contributed by atoms with Crippen molar-refractivity contribution in [3.8, 4) is 11.1 Å². The molecule has 0 bridgehead atoms. The second kappa shape index (κ2) is 15.8. The van der Waals surface area contributed by atoms with Crippen LogP contribution in [0.3, 0.4) is 0 Å². The SMILES string of the molecule is C1CCNC1.CN(SON)c1c(S(N)(=O)=O)ccc(-c2cccc(N(N)CCN)c2N)c1/C(N)=N/NN.S. The van der Waals surface area contributed by atoms with Crippen LogP contribution in [-0.4, -0.2) is 47.5 Å². The Bertz CT molecular complexity index is 1170. The molecule has 1 aliphatic heterocycles. The van der Waals surface area contributed by atoms with Gasteiger partial charge in [-0.3, -0.25) is 4.31 Å². The normalized spacial score (nSPS) is 13.3. The van der Waals surface area contributed by atoms with Crippen molar-refractivity contribution in [1.82, 2.24) is 10.9 Å². The van der Waals surface area contributed by atoms with Crippen LogP contribution in [0.5, 0.6) is 0 Å². The number of sulfonamides is 1. The summed E-state index contributed by atoms with van der Waals surface area (Å²) in [5.74, 6) is 16.4. The highest BCUT2D eigenvalue weighted by atomic mass is 32.2. The molecule has 0 atom stereocenters. The van der Waals surface area contributed by atoms with Crippen molar-refractivity contribution < 1.29 is 12.7 Å². The predicted octanol–water partition coefficient (Wildman–Crippen LogP) is -1.32. The highest BCUT2D eigenvalue weighted by molar-refractivity contribution is 7.96. The van der Waals surface area contributed by atoms with E-state index in [0.717, 1.165) is 0 Å². The first-order valence-electron chi connectivity index (χ1n) is 11.2. The number of hydrogen-bond acceptors (Lipinski definition) is 14. The van der Waals surface area contributed by atoms with Crippen molar-refractivity contribution >= 4 is 58.6 Å². The number of nitrogens with one attached hydrogen (secondary N) is 2. The molecule has 0 amide bonds. The Morgan fingerprint density at radius 2 is 1.87 bits per heavy atom. The molecule has 0 aromatic heterocycles. The lowest BCUT2D eigenvalue weighted by Gasteiger charge is -2.25. The number of benzene rings is 2. The van der Waals surface area contributed by atoms with Crippen LogP contribution in [0.4, 0.5) is 17.1 Å². The molecular formula is C20H38N12O3S3. The maximum Gasteiger partial charge on any atom is 0.240 e. The van der Waals surface area contributed by atoms with Gasteiger partial charge in [-0.15, -0.1) is 5.10 Å². The zero-order chi connectivity index (χ0) is 27.6. The van der Waals surface area contributed by atoms with Gasteiger partial charge >= 0.3 is 0 Å². The van der Waals surface area contributed by atoms with E-state index in [4.69, 9.17) is 39.9 Å². The third-order valence-corrected chi connectivity index (χ3v) is 6.80. The molecule has 3 rings (SSSR count). The molecule has 0 unspecified atom stereocenters. The fourth-order valence-corrected chi connectivity index (χ4v) is 4.97. The van der Waals surface area contributed by atoms with Gasteiger partial charge in [-0.25, -0.2) is 41.0 Å². The Hall–Kier alpha value is -2.52. The molecular weight excluding hydrogens is 553 g/mol. The predicted molar refractivity (Wildman–Crippen MR) is 160 cm³/mol. The topological polar surface area (TPSA) is 268 Å². The molecule has 0 saturated carbocycles. The average Bonchev–Trinajstić information content (AvgIpc) is 3.43. The van der Waals surface area contributed by atoms with Crippen LogP contribution < -0.4 is 60.1 Å². The number of hydrazone groups is 1. The van der Waals surface area contributed by atoms with Gasteiger partial charge in [0.25, 0.3) is 0 Å². The lowest BCUT2D eigenvalue weighted by molar-refractivity contribution is 0.397. The molecule has 0 aliphatic carbocycles. The maximum absolute atomic E-state index is 12.3. The van der Waals surface area contributed by atoms with E-state index in [1.165, 1.54) is 54.4 Å². The summed E-state index contributed by atoms with van der Waals surface area (Å²) in [7, 11) is -2.69. The molecule has 214 valence electrons. The van der Waals surface area contributed by atoms with Crippen molar-refractivity contribution in [2.45, 2.75) is 17.7 Å². The molecule has 0 spiro atoms. The van der Waals surface area contributed by atoms with Crippen molar-refractivity contribution in [3.05, 3.63) is 35.9 Å². The second-order valence-corrected chi connectivity index (χ2v) is 10.3. The quantitative estimate of drug-likeness (QED) is 0.0295. The smallest absolute Gasteiger partial charge is 0.240 e. The van der Waals surface area contributed by atoms with Crippen LogP contribution in [0.15, 0.2) is 40.3 Å². The van der Waals surface area contributed by atoms with E-state index in [1.54, 1.807) is 18.2 Å². The second-order valence-electron chi connectivity index (χ2n) is 7.85. The lowest BCUT2D eigenvalue weighted by Crippen LogP contribution is -2.36. The average molecular weight is 591 g/mol. The van der Waals surface area contributed by atoms with Crippen LogP contribution >= 0.6 is 25.7 Å². The monoisotopic (exact) mass is 590 g/mol. The van der Waals surface area contributed by atoms with E-state index >= 15 is 0 Å². The summed E-state index contributed by atoms with van der Waals surface area (Å²) >= 11 is 0.643. The standard InChI is InChI=1S/C16H27N11O3S2.C4H9N.H2S/c1-26(31-30-22)15-12(32(23,28)29)6-5-9(13(15)16(19)24-25-20)10-3-2-4-11(14(10)18)27(21)8-7-17;1-2-4-5-3-1;/h2-6,25H,7-8,17-18,20-22H2,1H3,(H2,19,24)(H2,23,28,29);5H,1-4H2;1H2. The first kappa shape index (κ1) is 33.5. The summed E-state index contributed by atoms with van der Waals surface area (Å²) in [6.45, 7) is 3.16. The fraction of sp³-hybridized carbons (Fsp3) is 0.350. The number of hydrazine groups is 2. The number of nitrogen functional groups attached to an aromatic ring is 1. The first-order valence-corrected chi connectivity index (χ1v) is 13.4. The highest BCUT2D eigenvalue weighted by Crippen LogP contribution is 2.41. The number of rotatable bonds is 10. The van der Waals surface area contributed by atoms with Crippen LogP contribution in [0.1, 0.15) is 18.4 Å². The van der Waals surface area contributed by atoms with Crippen molar-refractivity contribution in [2.24, 2.45) is 39.3 Å². The van der Waals surface area contributed by atoms with Gasteiger partial charge in [0, 0.05) is 25.7 Å². The third-order valence-electron chi connectivity index (χ3n) is 5.37. The molecule has 1 heterocycles. The van der Waals surface area contributed by atoms with Crippen LogP contribution in [-0.2, 0) is 14.3 Å². The molecule has 2 aromatic carbocycles. The Kier molecular flexibility index (Phi) is 13.9. The van der Waals surface area contributed by atoms with E-state index in [0.29, 0.717) is 47.8 Å². The highest BCUT2D eigenvalue weighted by Gasteiger charge is 2.27. The Labute approximate surface area is 234 Å². The van der Waals surface area contributed by atoms with E-state index < -0.39 is 10.0 Å². The lowest BCUT2D eigenvalue weighted by atomic mass is 9.95. The largest absolute Gasteiger partial charge is 0.397 e. The van der Waals surface area contributed by atoms with Crippen LogP contribution in [0.25, 0.3) is 11.1 Å². The summed E-state index contributed by atoms with van der Waals surface area (Å²) in [4.78, 5) is -0.253. The van der Waals surface area contributed by atoms with Gasteiger partial charge in [0.2, 0.25) is 10.0 Å². The number of primary sulfonamides is 1. The molecule has 0 radical (unpaired) electrons. The Morgan fingerprint density at radius 1 is 1.21 bits per heavy atom. The molecule has 18 heteroatoms. The first-order chi connectivity index (χ1) is 17.6. The van der Waals surface area contributed by atoms with E-state index in [9.17, 15) is 8.42 Å². The van der Waals surface area contributed by atoms with Gasteiger partial charge in [-0.1, -0.05) is 18.2 Å². The number of amidine groups is 1. The molecule has 1 fully saturated rings. The fourth-order valence-electron chi connectivity index (χ4n) is 3.75. The maximum atomic E-state index is 12.3. The van der Waals surface area contributed by atoms with Crippen LogP contribution in [0.2, 0.25) is 0 Å². The Balaban J connectivity index is 0.00000107. The number of anilines is 3. The summed E-state index contributed by atoms with van der Waals surface area (Å²) in [6, 6.07) is 7.97. The number of nitrogens with zero attached hydrogens (tertiary/aromatic N) is 3. The van der Waals surface area contributed by atoms with E-state index in [2.05, 4.69) is 20.2 Å². The minimum absolute atomic E-state index is 0. The molecule has 16 N–H and O–H groups in total. The summed E-state index contributed by atoms with van der Waals surface area (Å²) in [6.07, 6.45) is 2.78. The summed E-state index contributed by atoms with van der Waals surface area (Å²) in [5, 5.41) is 13.9. The van der Waals surface area contributed by atoms with Gasteiger partial charge in [0.05, 0.1) is 22.6 Å². The van der Waals surface area contributed by atoms with E-state index in [1.807, 2.05) is 0 Å². The van der Waals surface area contributed by atoms with Gasteiger partial charge in [-0.05, 0) is 43.6 Å². The Morgan fingerprint density at radius 3 is 2.37 bits per heavy atom. The number of hydrogen-bond donors (Lipinski definition) is 9. The van der Waals surface area contributed by atoms with Crippen LogP contribution in [0, 0.1) is 0 Å². The zero-order valence-electron chi connectivity index (χ0n) is 21.1. The van der Waals surface area contributed by atoms with Gasteiger partial charge in [0.15, 0.2) is 5.84 Å². The minimum atomic E-state index is -4.19. The van der Waals surface area contributed by atoms with Gasteiger partial charge < -0.3 is 27.5 Å². The molecule has 2 aromatic rings. The van der Waals surface area contributed by atoms with Crippen molar-refractivity contribution in [3.63, 3.8) is 0 Å². The molecule has 15 nitrogen and oxygen atoms in total. The van der Waals surface area contributed by atoms with Gasteiger partial charge in [0.1, 0.15) is 17.1 Å². The zero-order valence-corrected chi connectivity index (χ0v) is 23.7. The summed E-state index contributed by atoms with van der Waals surface area (Å²) < 4.78 is 30.5. The van der Waals surface area contributed by atoms with E-state index in [-0.39, 0.29) is 35.5 Å². The number of nitrogens with two attached hydrogens (primary N) is 7. The molecule has 1 aliphatic rings.